The summed E-state index contributed by atoms with van der Waals surface area (Å²) in [6.07, 6.45) is 7.17. The fourth-order valence-electron chi connectivity index (χ4n) is 4.61. The summed E-state index contributed by atoms with van der Waals surface area (Å²) in [5.74, 6) is 2.04. The van der Waals surface area contributed by atoms with Gasteiger partial charge in [-0.25, -0.2) is 0 Å². The van der Waals surface area contributed by atoms with Gasteiger partial charge in [-0.05, 0) is 97.5 Å². The third-order valence-electron chi connectivity index (χ3n) is 6.63. The number of aryl methyl sites for hydroxylation is 4. The highest BCUT2D eigenvalue weighted by atomic mass is 16.5. The Kier molecular flexibility index (Phi) is 8.11. The minimum atomic E-state index is 0.794. The van der Waals surface area contributed by atoms with Crippen molar-refractivity contribution in [2.45, 2.75) is 66.2 Å². The topological polar surface area (TPSA) is 18.5 Å². The zero-order chi connectivity index (χ0) is 23.9. The predicted molar refractivity (Wildman–Crippen MR) is 146 cm³/mol. The average Bonchev–Trinajstić information content (AvgIpc) is 2.80. The van der Waals surface area contributed by atoms with Crippen molar-refractivity contribution in [1.29, 1.82) is 0 Å². The molecule has 0 aliphatic rings. The fraction of sp³-hybridized carbons (Fsp3) is 0.375. The number of unbranched alkanes of at least 4 members (excludes halogenated alkanes) is 5. The van der Waals surface area contributed by atoms with Crippen molar-refractivity contribution in [1.82, 2.24) is 0 Å². The molecule has 0 saturated heterocycles. The van der Waals surface area contributed by atoms with E-state index >= 15 is 0 Å². The molecule has 0 N–H and O–H groups in total. The van der Waals surface area contributed by atoms with E-state index in [2.05, 4.69) is 88.4 Å². The molecule has 0 saturated carbocycles. The third kappa shape index (κ3) is 6.32. The van der Waals surface area contributed by atoms with Gasteiger partial charge >= 0.3 is 0 Å². The largest absolute Gasteiger partial charge is 0.493 e. The summed E-state index contributed by atoms with van der Waals surface area (Å²) in [4.78, 5) is 0. The molecule has 4 rings (SSSR count). The Morgan fingerprint density at radius 1 is 0.441 bits per heavy atom. The summed E-state index contributed by atoms with van der Waals surface area (Å²) >= 11 is 0. The van der Waals surface area contributed by atoms with E-state index in [-0.39, 0.29) is 0 Å². The first-order valence-corrected chi connectivity index (χ1v) is 12.8. The second kappa shape index (κ2) is 11.4. The van der Waals surface area contributed by atoms with E-state index in [1.54, 1.807) is 0 Å². The maximum absolute atomic E-state index is 6.10. The first kappa shape index (κ1) is 24.1. The average molecular weight is 455 g/mol. The van der Waals surface area contributed by atoms with Crippen molar-refractivity contribution in [2.24, 2.45) is 0 Å². The summed E-state index contributed by atoms with van der Waals surface area (Å²) in [6.45, 7) is 10.1. The van der Waals surface area contributed by atoms with Gasteiger partial charge in [0.05, 0.1) is 13.2 Å². The molecular weight excluding hydrogens is 416 g/mol. The van der Waals surface area contributed by atoms with E-state index in [9.17, 15) is 0 Å². The molecule has 0 amide bonds. The monoisotopic (exact) mass is 454 g/mol. The Morgan fingerprint density at radius 2 is 0.853 bits per heavy atom. The SMILES string of the molecule is Cc1ccc2cc(OCCCCCCCCOc3cc4ccc(C)cc4cc3C)c(C)cc2c1. The number of hydrogen-bond acceptors (Lipinski definition) is 2. The van der Waals surface area contributed by atoms with Crippen molar-refractivity contribution in [3.63, 3.8) is 0 Å². The standard InChI is InChI=1S/C32H38O2/c1-23-11-13-27-21-31(25(3)19-29(27)17-23)33-15-9-7-5-6-8-10-16-34-32-22-28-14-12-24(2)18-30(28)20-26(32)4/h11-14,17-22H,5-10,15-16H2,1-4H3. The zero-order valence-corrected chi connectivity index (χ0v) is 21.2. The number of rotatable bonds is 11. The zero-order valence-electron chi connectivity index (χ0n) is 21.2. The Labute approximate surface area is 204 Å². The molecular formula is C32H38O2. The first-order chi connectivity index (χ1) is 16.5. The van der Waals surface area contributed by atoms with E-state index in [0.717, 1.165) is 37.6 Å². The van der Waals surface area contributed by atoms with Crippen LogP contribution in [0.3, 0.4) is 0 Å². The van der Waals surface area contributed by atoms with Crippen LogP contribution in [0.15, 0.2) is 60.7 Å². The van der Waals surface area contributed by atoms with Gasteiger partial charge in [0.25, 0.3) is 0 Å². The van der Waals surface area contributed by atoms with E-state index in [4.69, 9.17) is 9.47 Å². The van der Waals surface area contributed by atoms with Crippen molar-refractivity contribution in [2.75, 3.05) is 13.2 Å². The highest BCUT2D eigenvalue weighted by Gasteiger charge is 2.05. The lowest BCUT2D eigenvalue weighted by atomic mass is 10.0. The molecule has 0 atom stereocenters. The summed E-state index contributed by atoms with van der Waals surface area (Å²) in [6, 6.07) is 22.0. The molecule has 4 aromatic carbocycles. The van der Waals surface area contributed by atoms with Crippen LogP contribution in [-0.4, -0.2) is 13.2 Å². The third-order valence-corrected chi connectivity index (χ3v) is 6.63. The molecule has 0 spiro atoms. The molecule has 0 radical (unpaired) electrons. The molecule has 0 heterocycles. The number of fused-ring (bicyclic) bond motifs is 2. The minimum Gasteiger partial charge on any atom is -0.493 e. The minimum absolute atomic E-state index is 0.794. The number of benzene rings is 4. The van der Waals surface area contributed by atoms with Gasteiger partial charge in [0, 0.05) is 0 Å². The van der Waals surface area contributed by atoms with Crippen LogP contribution in [0.25, 0.3) is 21.5 Å². The van der Waals surface area contributed by atoms with Crippen LogP contribution in [0.5, 0.6) is 11.5 Å². The van der Waals surface area contributed by atoms with E-state index < -0.39 is 0 Å². The van der Waals surface area contributed by atoms with Gasteiger partial charge in [-0.3, -0.25) is 0 Å². The van der Waals surface area contributed by atoms with Crippen molar-refractivity contribution in [3.05, 3.63) is 82.9 Å². The van der Waals surface area contributed by atoms with E-state index in [1.807, 2.05) is 0 Å². The molecule has 0 aliphatic carbocycles. The Bertz CT molecular complexity index is 1160. The molecule has 0 bridgehead atoms. The van der Waals surface area contributed by atoms with Gasteiger partial charge in [0.2, 0.25) is 0 Å². The molecule has 4 aromatic rings. The summed E-state index contributed by atoms with van der Waals surface area (Å²) < 4.78 is 12.2. The van der Waals surface area contributed by atoms with Gasteiger partial charge in [-0.2, -0.15) is 0 Å². The first-order valence-electron chi connectivity index (χ1n) is 12.8. The molecule has 2 nitrogen and oxygen atoms in total. The lowest BCUT2D eigenvalue weighted by molar-refractivity contribution is 0.295. The lowest BCUT2D eigenvalue weighted by Crippen LogP contribution is -2.00. The normalized spacial score (nSPS) is 11.3. The van der Waals surface area contributed by atoms with Gasteiger partial charge < -0.3 is 9.47 Å². The summed E-state index contributed by atoms with van der Waals surface area (Å²) in [5, 5.41) is 5.09. The highest BCUT2D eigenvalue weighted by Crippen LogP contribution is 2.28. The van der Waals surface area contributed by atoms with Crippen LogP contribution >= 0.6 is 0 Å². The smallest absolute Gasteiger partial charge is 0.122 e. The van der Waals surface area contributed by atoms with Crippen molar-refractivity contribution < 1.29 is 9.47 Å². The van der Waals surface area contributed by atoms with Gasteiger partial charge in [0.15, 0.2) is 0 Å². The van der Waals surface area contributed by atoms with Crippen molar-refractivity contribution >= 4 is 21.5 Å². The maximum atomic E-state index is 6.10. The highest BCUT2D eigenvalue weighted by molar-refractivity contribution is 5.86. The van der Waals surface area contributed by atoms with Gasteiger partial charge in [-0.1, -0.05) is 73.2 Å². The van der Waals surface area contributed by atoms with Crippen LogP contribution in [0.2, 0.25) is 0 Å². The molecule has 0 aliphatic heterocycles. The molecule has 34 heavy (non-hydrogen) atoms. The summed E-state index contributed by atoms with van der Waals surface area (Å²) in [5.41, 5.74) is 5.03. The van der Waals surface area contributed by atoms with Crippen LogP contribution in [0.4, 0.5) is 0 Å². The Hall–Kier alpha value is -3.00. The van der Waals surface area contributed by atoms with Gasteiger partial charge in [0.1, 0.15) is 11.5 Å². The Morgan fingerprint density at radius 3 is 1.29 bits per heavy atom. The quantitative estimate of drug-likeness (QED) is 0.210. The summed E-state index contributed by atoms with van der Waals surface area (Å²) in [7, 11) is 0. The maximum Gasteiger partial charge on any atom is 0.122 e. The Balaban J connectivity index is 1.10. The van der Waals surface area contributed by atoms with E-state index in [1.165, 1.54) is 69.5 Å². The molecule has 0 fully saturated rings. The van der Waals surface area contributed by atoms with Crippen LogP contribution in [0, 0.1) is 27.7 Å². The van der Waals surface area contributed by atoms with Crippen molar-refractivity contribution in [3.8, 4) is 11.5 Å². The molecule has 2 heteroatoms. The second-order valence-electron chi connectivity index (χ2n) is 9.75. The van der Waals surface area contributed by atoms with Crippen LogP contribution in [-0.2, 0) is 0 Å². The van der Waals surface area contributed by atoms with Crippen LogP contribution in [0.1, 0.15) is 60.8 Å². The molecule has 0 unspecified atom stereocenters. The number of ether oxygens (including phenoxy) is 2. The molecule has 178 valence electrons. The number of hydrogen-bond donors (Lipinski definition) is 0. The lowest BCUT2D eigenvalue weighted by Gasteiger charge is -2.12. The fourth-order valence-corrected chi connectivity index (χ4v) is 4.61. The van der Waals surface area contributed by atoms with E-state index in [0.29, 0.717) is 0 Å². The van der Waals surface area contributed by atoms with Crippen LogP contribution < -0.4 is 9.47 Å². The molecule has 0 aromatic heterocycles. The second-order valence-corrected chi connectivity index (χ2v) is 9.75. The van der Waals surface area contributed by atoms with Gasteiger partial charge in [-0.15, -0.1) is 0 Å². The predicted octanol–water partition coefficient (Wildman–Crippen LogP) is 9.03.